The first-order valence-corrected chi connectivity index (χ1v) is 10.4. The number of ether oxygens (including phenoxy) is 1. The highest BCUT2D eigenvalue weighted by atomic mass is 16.5. The fourth-order valence-corrected chi connectivity index (χ4v) is 4.77. The van der Waals surface area contributed by atoms with Gasteiger partial charge in [-0.3, -0.25) is 9.69 Å². The van der Waals surface area contributed by atoms with Gasteiger partial charge in [0.2, 0.25) is 0 Å². The van der Waals surface area contributed by atoms with Crippen LogP contribution < -0.4 is 16.0 Å². The molecule has 8 heteroatoms. The molecule has 2 amide bonds. The maximum Gasteiger partial charge on any atom is 0.409 e. The number of carbonyl (C=O) groups is 2. The Kier molecular flexibility index (Phi) is 5.95. The van der Waals surface area contributed by atoms with Gasteiger partial charge >= 0.3 is 6.09 Å². The smallest absolute Gasteiger partial charge is 0.409 e. The van der Waals surface area contributed by atoms with E-state index in [4.69, 9.17) is 4.74 Å². The van der Waals surface area contributed by atoms with Crippen molar-refractivity contribution in [3.8, 4) is 0 Å². The Balaban J connectivity index is 1.81. The molecule has 0 saturated carbocycles. The van der Waals surface area contributed by atoms with Gasteiger partial charge in [0.1, 0.15) is 5.60 Å². The minimum absolute atomic E-state index is 0.237. The topological polar surface area (TPSA) is 103 Å². The van der Waals surface area contributed by atoms with Crippen LogP contribution in [0.1, 0.15) is 15.9 Å². The highest BCUT2D eigenvalue weighted by Crippen LogP contribution is 2.39. The predicted molar refractivity (Wildman–Crippen MR) is 116 cm³/mol. The van der Waals surface area contributed by atoms with Gasteiger partial charge in [-0.2, -0.15) is 0 Å². The number of benzene rings is 2. The highest BCUT2D eigenvalue weighted by molar-refractivity contribution is 5.95. The van der Waals surface area contributed by atoms with Gasteiger partial charge in [0.15, 0.2) is 5.66 Å². The van der Waals surface area contributed by atoms with Crippen LogP contribution in [0.15, 0.2) is 60.7 Å². The third-order valence-corrected chi connectivity index (χ3v) is 6.42. The van der Waals surface area contributed by atoms with Gasteiger partial charge in [0.25, 0.3) is 5.91 Å². The molecule has 2 aliphatic rings. The quantitative estimate of drug-likeness (QED) is 0.557. The number of amides is 2. The van der Waals surface area contributed by atoms with Gasteiger partial charge in [-0.05, 0) is 24.1 Å². The molecule has 0 bridgehead atoms. The van der Waals surface area contributed by atoms with E-state index < -0.39 is 23.4 Å². The second kappa shape index (κ2) is 8.66. The zero-order valence-electron chi connectivity index (χ0n) is 17.5. The normalized spacial score (nSPS) is 24.8. The van der Waals surface area contributed by atoms with Crippen LogP contribution in [-0.4, -0.2) is 72.6 Å². The highest BCUT2D eigenvalue weighted by Gasteiger charge is 2.66. The molecule has 2 unspecified atom stereocenters. The van der Waals surface area contributed by atoms with E-state index in [-0.39, 0.29) is 12.5 Å². The lowest BCUT2D eigenvalue weighted by atomic mass is 9.72. The monoisotopic (exact) mass is 424 g/mol. The van der Waals surface area contributed by atoms with E-state index in [1.54, 1.807) is 31.4 Å². The van der Waals surface area contributed by atoms with Gasteiger partial charge in [-0.15, -0.1) is 0 Å². The SMILES string of the molecule is COC1(C2(NC(=O)c3ccccc3)C(Cc3ccccc3)NCCN2C(=O)O)CNC1. The van der Waals surface area contributed by atoms with Crippen LogP contribution in [0.3, 0.4) is 0 Å². The third-order valence-electron chi connectivity index (χ3n) is 6.42. The lowest BCUT2D eigenvalue weighted by molar-refractivity contribution is -0.184. The Hall–Kier alpha value is -2.94. The second-order valence-corrected chi connectivity index (χ2v) is 8.02. The second-order valence-electron chi connectivity index (χ2n) is 8.02. The van der Waals surface area contributed by atoms with E-state index >= 15 is 0 Å². The summed E-state index contributed by atoms with van der Waals surface area (Å²) in [5.41, 5.74) is -0.707. The van der Waals surface area contributed by atoms with Gasteiger partial charge < -0.3 is 25.8 Å². The van der Waals surface area contributed by atoms with Crippen molar-refractivity contribution in [3.63, 3.8) is 0 Å². The molecule has 0 spiro atoms. The van der Waals surface area contributed by atoms with E-state index in [2.05, 4.69) is 16.0 Å². The summed E-state index contributed by atoms with van der Waals surface area (Å²) in [5, 5.41) is 20.0. The molecule has 0 aliphatic carbocycles. The molecule has 0 aromatic heterocycles. The first-order chi connectivity index (χ1) is 15.0. The number of nitrogens with zero attached hydrogens (tertiary/aromatic N) is 1. The van der Waals surface area contributed by atoms with Crippen molar-refractivity contribution in [2.75, 3.05) is 33.3 Å². The zero-order valence-corrected chi connectivity index (χ0v) is 17.5. The number of carboxylic acid groups (broad SMARTS) is 1. The van der Waals surface area contributed by atoms with E-state index in [1.165, 1.54) is 4.90 Å². The summed E-state index contributed by atoms with van der Waals surface area (Å²) < 4.78 is 5.98. The van der Waals surface area contributed by atoms with Crippen molar-refractivity contribution in [1.29, 1.82) is 0 Å². The van der Waals surface area contributed by atoms with Crippen LogP contribution in [-0.2, 0) is 11.2 Å². The van der Waals surface area contributed by atoms with Crippen molar-refractivity contribution >= 4 is 12.0 Å². The molecule has 31 heavy (non-hydrogen) atoms. The lowest BCUT2D eigenvalue weighted by Crippen LogP contribution is -2.90. The number of carbonyl (C=O) groups excluding carboxylic acids is 1. The first-order valence-electron chi connectivity index (χ1n) is 10.4. The molecule has 4 N–H and O–H groups in total. The summed E-state index contributed by atoms with van der Waals surface area (Å²) in [6.07, 6.45) is -0.554. The van der Waals surface area contributed by atoms with Crippen molar-refractivity contribution in [3.05, 3.63) is 71.8 Å². The predicted octanol–water partition coefficient (Wildman–Crippen LogP) is 1.30. The van der Waals surface area contributed by atoms with Crippen LogP contribution in [0.5, 0.6) is 0 Å². The number of nitrogens with one attached hydrogen (secondary N) is 3. The molecule has 2 aliphatic heterocycles. The largest absolute Gasteiger partial charge is 0.465 e. The van der Waals surface area contributed by atoms with Gasteiger partial charge in [0, 0.05) is 38.9 Å². The summed E-state index contributed by atoms with van der Waals surface area (Å²) in [6, 6.07) is 18.3. The lowest BCUT2D eigenvalue weighted by Gasteiger charge is -2.62. The Morgan fingerprint density at radius 3 is 2.32 bits per heavy atom. The maximum atomic E-state index is 13.4. The van der Waals surface area contributed by atoms with E-state index in [1.807, 2.05) is 36.4 Å². The molecule has 164 valence electrons. The van der Waals surface area contributed by atoms with Gasteiger partial charge in [-0.1, -0.05) is 48.5 Å². The minimum Gasteiger partial charge on any atom is -0.465 e. The summed E-state index contributed by atoms with van der Waals surface area (Å²) in [7, 11) is 1.57. The molecule has 2 atom stereocenters. The van der Waals surface area contributed by atoms with Gasteiger partial charge in [0.05, 0.1) is 6.04 Å². The standard InChI is InChI=1S/C23H28N4O4/c1-31-22(15-24-16-22)23(26-20(28)18-10-6-3-7-11-18)19(14-17-8-4-2-5-9-17)25-12-13-27(23)21(29)30/h2-11,19,24-25H,12-16H2,1H3,(H,26,28)(H,29,30). The van der Waals surface area contributed by atoms with Crippen LogP contribution in [0.4, 0.5) is 4.79 Å². The number of methoxy groups -OCH3 is 1. The van der Waals surface area contributed by atoms with E-state index in [0.717, 1.165) is 5.56 Å². The Bertz CT molecular complexity index is 914. The van der Waals surface area contributed by atoms with Crippen molar-refractivity contribution in [2.24, 2.45) is 0 Å². The fraction of sp³-hybridized carbons (Fsp3) is 0.391. The van der Waals surface area contributed by atoms with E-state index in [0.29, 0.717) is 31.6 Å². The summed E-state index contributed by atoms with van der Waals surface area (Å²) in [4.78, 5) is 27.2. The molecule has 4 rings (SSSR count). The number of piperazine rings is 1. The molecule has 2 saturated heterocycles. The average Bonchev–Trinajstić information content (AvgIpc) is 2.76. The molecule has 2 heterocycles. The fourth-order valence-electron chi connectivity index (χ4n) is 4.77. The van der Waals surface area contributed by atoms with Crippen molar-refractivity contribution in [2.45, 2.75) is 23.7 Å². The third kappa shape index (κ3) is 3.67. The minimum atomic E-state index is -1.31. The van der Waals surface area contributed by atoms with Crippen molar-refractivity contribution < 1.29 is 19.4 Å². The maximum absolute atomic E-state index is 13.4. The molecule has 8 nitrogen and oxygen atoms in total. The van der Waals surface area contributed by atoms with Crippen LogP contribution in [0, 0.1) is 0 Å². The number of rotatable bonds is 6. The Labute approximate surface area is 181 Å². The van der Waals surface area contributed by atoms with Crippen molar-refractivity contribution in [1.82, 2.24) is 20.9 Å². The molecule has 2 fully saturated rings. The molecular formula is C23H28N4O4. The van der Waals surface area contributed by atoms with Gasteiger partial charge in [-0.25, -0.2) is 4.79 Å². The van der Waals surface area contributed by atoms with Crippen LogP contribution in [0.2, 0.25) is 0 Å². The number of hydrogen-bond donors (Lipinski definition) is 4. The van der Waals surface area contributed by atoms with E-state index in [9.17, 15) is 14.7 Å². The first kappa shape index (κ1) is 21.3. The zero-order chi connectivity index (χ0) is 21.9. The molecule has 2 aromatic carbocycles. The Morgan fingerprint density at radius 2 is 1.77 bits per heavy atom. The summed E-state index contributed by atoms with van der Waals surface area (Å²) >= 11 is 0. The summed E-state index contributed by atoms with van der Waals surface area (Å²) in [6.45, 7) is 1.57. The molecule has 2 aromatic rings. The molecule has 0 radical (unpaired) electrons. The van der Waals surface area contributed by atoms with Crippen LogP contribution >= 0.6 is 0 Å². The average molecular weight is 425 g/mol. The molecular weight excluding hydrogens is 396 g/mol. The summed E-state index contributed by atoms with van der Waals surface area (Å²) in [5.74, 6) is -0.336. The Morgan fingerprint density at radius 1 is 1.13 bits per heavy atom. The number of hydrogen-bond acceptors (Lipinski definition) is 5. The van der Waals surface area contributed by atoms with Crippen LogP contribution in [0.25, 0.3) is 0 Å².